The van der Waals surface area contributed by atoms with E-state index < -0.39 is 5.60 Å². The van der Waals surface area contributed by atoms with E-state index in [0.29, 0.717) is 6.54 Å². The highest BCUT2D eigenvalue weighted by Gasteiger charge is 2.34. The van der Waals surface area contributed by atoms with Gasteiger partial charge in [0.2, 0.25) is 5.13 Å². The van der Waals surface area contributed by atoms with Crippen LogP contribution in [0.3, 0.4) is 0 Å². The molecular weight excluding hydrogens is 324 g/mol. The number of aliphatic imine (C=N–C) groups is 1. The van der Waals surface area contributed by atoms with Gasteiger partial charge in [0.15, 0.2) is 5.96 Å². The van der Waals surface area contributed by atoms with E-state index in [4.69, 9.17) is 0 Å². The molecular formula is C16H28N6OS. The first kappa shape index (κ1) is 17.4. The third-order valence-corrected chi connectivity index (χ3v) is 5.58. The van der Waals surface area contributed by atoms with Crippen molar-refractivity contribution in [3.05, 3.63) is 5.82 Å². The minimum atomic E-state index is -0.564. The molecule has 134 valence electrons. The lowest BCUT2D eigenvalue weighted by Crippen LogP contribution is -2.53. The van der Waals surface area contributed by atoms with E-state index in [9.17, 15) is 5.11 Å². The summed E-state index contributed by atoms with van der Waals surface area (Å²) in [5, 5.41) is 14.7. The predicted molar refractivity (Wildman–Crippen MR) is 97.9 cm³/mol. The zero-order valence-electron chi connectivity index (χ0n) is 14.7. The number of aryl methyl sites for hydroxylation is 1. The van der Waals surface area contributed by atoms with Crippen molar-refractivity contribution in [1.82, 2.24) is 19.6 Å². The van der Waals surface area contributed by atoms with Crippen molar-refractivity contribution in [3.8, 4) is 0 Å². The van der Waals surface area contributed by atoms with Gasteiger partial charge in [-0.25, -0.2) is 4.98 Å². The second-order valence-electron chi connectivity index (χ2n) is 6.57. The van der Waals surface area contributed by atoms with Crippen LogP contribution in [0.1, 0.15) is 38.9 Å². The Labute approximate surface area is 148 Å². The van der Waals surface area contributed by atoms with Crippen LogP contribution in [0.25, 0.3) is 0 Å². The van der Waals surface area contributed by atoms with E-state index in [1.165, 1.54) is 11.5 Å². The minimum absolute atomic E-state index is 0.506. The molecule has 1 aliphatic heterocycles. The lowest BCUT2D eigenvalue weighted by atomic mass is 9.80. The smallest absolute Gasteiger partial charge is 0.205 e. The van der Waals surface area contributed by atoms with Gasteiger partial charge in [-0.1, -0.05) is 6.92 Å². The fourth-order valence-corrected chi connectivity index (χ4v) is 3.82. The Hall–Kier alpha value is -1.41. The third kappa shape index (κ3) is 3.97. The monoisotopic (exact) mass is 352 g/mol. The highest BCUT2D eigenvalue weighted by atomic mass is 32.1. The quantitative estimate of drug-likeness (QED) is 0.610. The molecule has 0 radical (unpaired) electrons. The fraction of sp³-hybridized carbons (Fsp3) is 0.812. The van der Waals surface area contributed by atoms with E-state index in [-0.39, 0.29) is 0 Å². The van der Waals surface area contributed by atoms with Gasteiger partial charge >= 0.3 is 0 Å². The summed E-state index contributed by atoms with van der Waals surface area (Å²) in [6.07, 6.45) is 3.75. The van der Waals surface area contributed by atoms with Crippen LogP contribution in [0.5, 0.6) is 0 Å². The van der Waals surface area contributed by atoms with Crippen LogP contribution in [0.2, 0.25) is 0 Å². The molecule has 3 rings (SSSR count). The summed E-state index contributed by atoms with van der Waals surface area (Å²) in [5.41, 5.74) is -0.564. The number of hydrogen-bond donors (Lipinski definition) is 2. The van der Waals surface area contributed by atoms with Crippen LogP contribution < -0.4 is 10.2 Å². The Kier molecular flexibility index (Phi) is 5.55. The summed E-state index contributed by atoms with van der Waals surface area (Å²) in [4.78, 5) is 13.8. The first-order valence-corrected chi connectivity index (χ1v) is 9.74. The van der Waals surface area contributed by atoms with E-state index in [1.54, 1.807) is 0 Å². The lowest BCUT2D eigenvalue weighted by molar-refractivity contribution is -0.0237. The van der Waals surface area contributed by atoms with Gasteiger partial charge < -0.3 is 20.2 Å². The average molecular weight is 353 g/mol. The van der Waals surface area contributed by atoms with Gasteiger partial charge in [-0.3, -0.25) is 4.99 Å². The normalized spacial score (nSPS) is 20.9. The number of nitrogens with one attached hydrogen (secondary N) is 1. The van der Waals surface area contributed by atoms with Crippen LogP contribution in [0.15, 0.2) is 4.99 Å². The number of anilines is 1. The molecule has 8 heteroatoms. The van der Waals surface area contributed by atoms with Gasteiger partial charge in [-0.05, 0) is 26.2 Å². The Morgan fingerprint density at radius 1 is 1.29 bits per heavy atom. The van der Waals surface area contributed by atoms with Crippen molar-refractivity contribution < 1.29 is 5.11 Å². The zero-order chi connectivity index (χ0) is 17.0. The summed E-state index contributed by atoms with van der Waals surface area (Å²) in [7, 11) is 0. The van der Waals surface area contributed by atoms with Crippen LogP contribution in [-0.2, 0) is 6.42 Å². The molecule has 1 saturated carbocycles. The number of nitrogens with zero attached hydrogens (tertiary/aromatic N) is 5. The molecule has 1 aromatic rings. The van der Waals surface area contributed by atoms with E-state index >= 15 is 0 Å². The van der Waals surface area contributed by atoms with Gasteiger partial charge in [-0.15, -0.1) is 0 Å². The van der Waals surface area contributed by atoms with Crippen LogP contribution in [0.4, 0.5) is 5.13 Å². The molecule has 2 N–H and O–H groups in total. The van der Waals surface area contributed by atoms with Crippen molar-refractivity contribution in [2.24, 2.45) is 4.99 Å². The Bertz CT molecular complexity index is 563. The Morgan fingerprint density at radius 3 is 2.58 bits per heavy atom. The van der Waals surface area contributed by atoms with Crippen molar-refractivity contribution in [3.63, 3.8) is 0 Å². The maximum atomic E-state index is 10.3. The number of guanidine groups is 1. The van der Waals surface area contributed by atoms with Crippen molar-refractivity contribution in [2.45, 2.75) is 45.1 Å². The number of piperazine rings is 1. The molecule has 1 aliphatic carbocycles. The molecule has 2 fully saturated rings. The summed E-state index contributed by atoms with van der Waals surface area (Å²) >= 11 is 1.49. The molecule has 0 amide bonds. The summed E-state index contributed by atoms with van der Waals surface area (Å²) < 4.78 is 4.38. The molecule has 0 atom stereocenters. The topological polar surface area (TPSA) is 76.9 Å². The molecule has 0 aromatic carbocycles. The highest BCUT2D eigenvalue weighted by molar-refractivity contribution is 7.09. The summed E-state index contributed by atoms with van der Waals surface area (Å²) in [5.74, 6) is 1.85. The third-order valence-electron chi connectivity index (χ3n) is 4.77. The second kappa shape index (κ2) is 7.65. The molecule has 1 saturated heterocycles. The van der Waals surface area contributed by atoms with E-state index in [2.05, 4.69) is 43.3 Å². The second-order valence-corrected chi connectivity index (χ2v) is 7.30. The van der Waals surface area contributed by atoms with Crippen molar-refractivity contribution in [2.75, 3.05) is 44.2 Å². The van der Waals surface area contributed by atoms with Crippen LogP contribution in [-0.4, -0.2) is 70.2 Å². The number of aromatic nitrogens is 2. The minimum Gasteiger partial charge on any atom is -0.388 e. The van der Waals surface area contributed by atoms with Crippen molar-refractivity contribution in [1.29, 1.82) is 0 Å². The first-order valence-electron chi connectivity index (χ1n) is 8.97. The lowest BCUT2D eigenvalue weighted by Gasteiger charge is -2.38. The van der Waals surface area contributed by atoms with Gasteiger partial charge in [-0.2, -0.15) is 4.37 Å². The molecule has 1 aromatic heterocycles. The molecule has 0 spiro atoms. The molecule has 7 nitrogen and oxygen atoms in total. The van der Waals surface area contributed by atoms with Gasteiger partial charge in [0.05, 0.1) is 12.1 Å². The average Bonchev–Trinajstić information content (AvgIpc) is 3.06. The standard InChI is InChI=1S/C16H28N6OS/c1-3-13-19-15(24-20-13)22-10-8-21(9-11-22)14(17-4-2)18-12-16(23)6-5-7-16/h23H,3-12H2,1-2H3,(H,17,18). The summed E-state index contributed by atoms with van der Waals surface area (Å²) in [6, 6.07) is 0. The zero-order valence-corrected chi connectivity index (χ0v) is 15.5. The van der Waals surface area contributed by atoms with Gasteiger partial charge in [0, 0.05) is 50.7 Å². The predicted octanol–water partition coefficient (Wildman–Crippen LogP) is 1.10. The summed E-state index contributed by atoms with van der Waals surface area (Å²) in [6.45, 7) is 9.17. The maximum Gasteiger partial charge on any atom is 0.205 e. The largest absolute Gasteiger partial charge is 0.388 e. The Morgan fingerprint density at radius 2 is 2.04 bits per heavy atom. The first-order chi connectivity index (χ1) is 11.6. The number of hydrogen-bond acceptors (Lipinski definition) is 6. The van der Waals surface area contributed by atoms with Crippen LogP contribution >= 0.6 is 11.5 Å². The van der Waals surface area contributed by atoms with Gasteiger partial charge in [0.1, 0.15) is 5.82 Å². The maximum absolute atomic E-state index is 10.3. The number of aliphatic hydroxyl groups is 1. The van der Waals surface area contributed by atoms with E-state index in [0.717, 1.165) is 75.3 Å². The molecule has 0 bridgehead atoms. The molecule has 24 heavy (non-hydrogen) atoms. The van der Waals surface area contributed by atoms with Crippen LogP contribution in [0, 0.1) is 0 Å². The SMILES string of the molecule is CCNC(=NCC1(O)CCC1)N1CCN(c2nc(CC)ns2)CC1. The van der Waals surface area contributed by atoms with Crippen molar-refractivity contribution >= 4 is 22.6 Å². The van der Waals surface area contributed by atoms with Gasteiger partial charge in [0.25, 0.3) is 0 Å². The fourth-order valence-electron chi connectivity index (χ4n) is 3.02. The van der Waals surface area contributed by atoms with E-state index in [1.807, 2.05) is 0 Å². The molecule has 2 aliphatic rings. The molecule has 0 unspecified atom stereocenters. The molecule has 2 heterocycles. The number of rotatable bonds is 5. The Balaban J connectivity index is 1.57. The highest BCUT2D eigenvalue weighted by Crippen LogP contribution is 2.31.